The Morgan fingerprint density at radius 1 is 0.976 bits per heavy atom. The van der Waals surface area contributed by atoms with Crippen LogP contribution in [0.25, 0.3) is 11.1 Å². The highest BCUT2D eigenvalue weighted by Gasteiger charge is 2.31. The molecule has 1 atom stereocenters. The summed E-state index contributed by atoms with van der Waals surface area (Å²) in [6, 6.07) is 6.26. The van der Waals surface area contributed by atoms with Crippen molar-refractivity contribution in [2.45, 2.75) is 64.3 Å². The molecule has 1 unspecified atom stereocenters. The summed E-state index contributed by atoms with van der Waals surface area (Å²) in [7, 11) is 6.56. The molecule has 1 fully saturated rings. The first-order valence-electron chi connectivity index (χ1n) is 14.1. The number of amides is 1. The summed E-state index contributed by atoms with van der Waals surface area (Å²) >= 11 is 0. The van der Waals surface area contributed by atoms with Crippen LogP contribution >= 0.6 is 0 Å². The van der Waals surface area contributed by atoms with Crippen molar-refractivity contribution in [3.05, 3.63) is 60.1 Å². The van der Waals surface area contributed by atoms with Gasteiger partial charge in [0.15, 0.2) is 11.5 Å². The number of carbonyl (C=O) groups excluding carboxylic acids is 1. The molecule has 222 valence electrons. The molecule has 0 spiro atoms. The fraction of sp³-hybridized carbons (Fsp3) is 0.500. The average molecular weight is 566 g/mol. The molecular formula is C32H43N3O6. The molecule has 2 aromatic rings. The third-order valence-corrected chi connectivity index (χ3v) is 7.35. The molecule has 1 saturated heterocycles. The summed E-state index contributed by atoms with van der Waals surface area (Å²) in [5.74, 6) is 1.73. The van der Waals surface area contributed by atoms with E-state index in [4.69, 9.17) is 23.7 Å². The van der Waals surface area contributed by atoms with Crippen molar-refractivity contribution in [3.63, 3.8) is 0 Å². The maximum absolute atomic E-state index is 12.7. The Labute approximate surface area is 243 Å². The zero-order chi connectivity index (χ0) is 29.6. The molecule has 0 saturated carbocycles. The van der Waals surface area contributed by atoms with Crippen LogP contribution in [0.5, 0.6) is 17.2 Å². The molecule has 0 N–H and O–H groups in total. The predicted octanol–water partition coefficient (Wildman–Crippen LogP) is 5.83. The van der Waals surface area contributed by atoms with E-state index < -0.39 is 5.60 Å². The first-order chi connectivity index (χ1) is 19.6. The van der Waals surface area contributed by atoms with Gasteiger partial charge in [0.1, 0.15) is 5.60 Å². The summed E-state index contributed by atoms with van der Waals surface area (Å²) in [4.78, 5) is 21.5. The van der Waals surface area contributed by atoms with Gasteiger partial charge in [-0.25, -0.2) is 4.79 Å². The summed E-state index contributed by atoms with van der Waals surface area (Å²) in [6.07, 6.45) is 12.6. The molecule has 1 aromatic heterocycles. The molecule has 41 heavy (non-hydrogen) atoms. The monoisotopic (exact) mass is 565 g/mol. The van der Waals surface area contributed by atoms with Crippen LogP contribution < -0.4 is 14.2 Å². The normalized spacial score (nSPS) is 17.6. The van der Waals surface area contributed by atoms with Crippen molar-refractivity contribution in [3.8, 4) is 28.4 Å². The van der Waals surface area contributed by atoms with Gasteiger partial charge in [-0.15, -0.1) is 0 Å². The van der Waals surface area contributed by atoms with Gasteiger partial charge in [-0.1, -0.05) is 6.08 Å². The summed E-state index contributed by atoms with van der Waals surface area (Å²) in [5.41, 5.74) is 3.55. The Hall–Kier alpha value is -3.72. The predicted molar refractivity (Wildman–Crippen MR) is 158 cm³/mol. The number of piperidine rings is 1. The molecule has 0 bridgehead atoms. The van der Waals surface area contributed by atoms with Crippen LogP contribution in [0.2, 0.25) is 0 Å². The minimum Gasteiger partial charge on any atom is -0.493 e. The lowest BCUT2D eigenvalue weighted by Crippen LogP contribution is -2.47. The number of allylic oxidation sites excluding steroid dienone is 1. The number of nitrogens with zero attached hydrogens (tertiary/aromatic N) is 3. The van der Waals surface area contributed by atoms with Crippen molar-refractivity contribution in [1.82, 2.24) is 14.8 Å². The zero-order valence-electron chi connectivity index (χ0n) is 25.3. The van der Waals surface area contributed by atoms with Crippen LogP contribution in [0.4, 0.5) is 4.79 Å². The van der Waals surface area contributed by atoms with Gasteiger partial charge in [0, 0.05) is 56.4 Å². The Kier molecular flexibility index (Phi) is 9.81. The van der Waals surface area contributed by atoms with E-state index in [1.54, 1.807) is 28.4 Å². The van der Waals surface area contributed by atoms with Crippen molar-refractivity contribution in [1.29, 1.82) is 0 Å². The highest BCUT2D eigenvalue weighted by Crippen LogP contribution is 2.41. The second-order valence-corrected chi connectivity index (χ2v) is 11.3. The van der Waals surface area contributed by atoms with Gasteiger partial charge in [0.25, 0.3) is 0 Å². The number of carbonyl (C=O) groups is 1. The second-order valence-electron chi connectivity index (χ2n) is 11.3. The van der Waals surface area contributed by atoms with Crippen molar-refractivity contribution in [2.75, 3.05) is 41.5 Å². The Morgan fingerprint density at radius 3 is 2.24 bits per heavy atom. The van der Waals surface area contributed by atoms with Crippen LogP contribution in [0.15, 0.2) is 54.5 Å². The van der Waals surface area contributed by atoms with Gasteiger partial charge in [-0.05, 0) is 81.5 Å². The standard InChI is InChI=1S/C32H43N3O6/c1-32(2,3)41-31(36)34-13-11-25(12-14-34)35(26-9-8-10-27(18-26)37-4)21-22-15-24(20-33-19-22)23-16-28(38-5)30(40-7)29(17-23)39-6/h8-9,15-20,25,27H,10-14,21H2,1-7H3. The number of aromatic nitrogens is 1. The van der Waals surface area contributed by atoms with Crippen LogP contribution in [-0.2, 0) is 16.0 Å². The molecule has 1 aliphatic carbocycles. The molecule has 2 heterocycles. The topological polar surface area (TPSA) is 82.6 Å². The Morgan fingerprint density at radius 2 is 1.66 bits per heavy atom. The van der Waals surface area contributed by atoms with Crippen molar-refractivity contribution < 1.29 is 28.5 Å². The number of likely N-dealkylation sites (tertiary alicyclic amines) is 1. The summed E-state index contributed by atoms with van der Waals surface area (Å²) in [6.45, 7) is 7.64. The largest absolute Gasteiger partial charge is 0.493 e. The number of ether oxygens (including phenoxy) is 5. The molecule has 1 aromatic carbocycles. The van der Waals surface area contributed by atoms with E-state index in [2.05, 4.69) is 34.2 Å². The quantitative estimate of drug-likeness (QED) is 0.375. The fourth-order valence-corrected chi connectivity index (χ4v) is 5.29. The highest BCUT2D eigenvalue weighted by molar-refractivity contribution is 5.71. The van der Waals surface area contributed by atoms with E-state index in [0.717, 1.165) is 41.6 Å². The first kappa shape index (κ1) is 30.2. The molecule has 1 amide bonds. The molecule has 1 aliphatic heterocycles. The zero-order valence-corrected chi connectivity index (χ0v) is 25.3. The molecule has 4 rings (SSSR count). The third-order valence-electron chi connectivity index (χ3n) is 7.35. The first-order valence-corrected chi connectivity index (χ1v) is 14.1. The lowest BCUT2D eigenvalue weighted by Gasteiger charge is -2.41. The van der Waals surface area contributed by atoms with Crippen molar-refractivity contribution in [2.24, 2.45) is 0 Å². The second kappa shape index (κ2) is 13.3. The Balaban J connectivity index is 1.59. The number of pyridine rings is 1. The van der Waals surface area contributed by atoms with E-state index in [-0.39, 0.29) is 18.2 Å². The lowest BCUT2D eigenvalue weighted by molar-refractivity contribution is 0.0158. The number of hydrogen-bond acceptors (Lipinski definition) is 8. The van der Waals surface area contributed by atoms with Gasteiger partial charge < -0.3 is 33.5 Å². The van der Waals surface area contributed by atoms with Gasteiger partial charge >= 0.3 is 6.09 Å². The van der Waals surface area contributed by atoms with E-state index >= 15 is 0 Å². The molecule has 9 nitrogen and oxygen atoms in total. The number of benzene rings is 1. The maximum atomic E-state index is 12.7. The van der Waals surface area contributed by atoms with Crippen LogP contribution in [0, 0.1) is 0 Å². The number of hydrogen-bond donors (Lipinski definition) is 0. The lowest BCUT2D eigenvalue weighted by atomic mass is 9.99. The van der Waals surface area contributed by atoms with Crippen molar-refractivity contribution >= 4 is 6.09 Å². The van der Waals surface area contributed by atoms with E-state index in [1.165, 1.54) is 0 Å². The number of rotatable bonds is 9. The molecule has 2 aliphatic rings. The Bertz CT molecular complexity index is 1240. The van der Waals surface area contributed by atoms with E-state index in [0.29, 0.717) is 36.9 Å². The number of methoxy groups -OCH3 is 4. The highest BCUT2D eigenvalue weighted by atomic mass is 16.6. The minimum atomic E-state index is -0.511. The molecule has 0 radical (unpaired) electrons. The smallest absolute Gasteiger partial charge is 0.410 e. The van der Waals surface area contributed by atoms with E-state index in [9.17, 15) is 4.79 Å². The van der Waals surface area contributed by atoms with Gasteiger partial charge in [-0.3, -0.25) is 4.98 Å². The van der Waals surface area contributed by atoms with Gasteiger partial charge in [-0.2, -0.15) is 0 Å². The molecule has 9 heteroatoms. The van der Waals surface area contributed by atoms with Gasteiger partial charge in [0.05, 0.1) is 27.4 Å². The average Bonchev–Trinajstić information content (AvgIpc) is 2.98. The maximum Gasteiger partial charge on any atom is 0.410 e. The summed E-state index contributed by atoms with van der Waals surface area (Å²) < 4.78 is 27.9. The summed E-state index contributed by atoms with van der Waals surface area (Å²) in [5, 5.41) is 0. The van der Waals surface area contributed by atoms with Crippen LogP contribution in [0.1, 0.15) is 45.6 Å². The minimum absolute atomic E-state index is 0.0306. The van der Waals surface area contributed by atoms with Crippen LogP contribution in [-0.4, -0.2) is 80.2 Å². The van der Waals surface area contributed by atoms with Crippen LogP contribution in [0.3, 0.4) is 0 Å². The SMILES string of the molecule is COc1cc(-c2cncc(CN(C3=CC(OC)CC=C3)C3CCN(C(=O)OC(C)(C)C)CC3)c2)cc(OC)c1OC. The molecular weight excluding hydrogens is 522 g/mol. The van der Waals surface area contributed by atoms with E-state index in [1.807, 2.05) is 50.2 Å². The fourth-order valence-electron chi connectivity index (χ4n) is 5.29. The van der Waals surface area contributed by atoms with Gasteiger partial charge in [0.2, 0.25) is 5.75 Å². The third kappa shape index (κ3) is 7.52.